The summed E-state index contributed by atoms with van der Waals surface area (Å²) in [7, 11) is 0. The Morgan fingerprint density at radius 3 is 2.48 bits per heavy atom. The molecule has 0 aromatic heterocycles. The van der Waals surface area contributed by atoms with Gasteiger partial charge in [0.05, 0.1) is 18.7 Å². The Labute approximate surface area is 156 Å². The van der Waals surface area contributed by atoms with Gasteiger partial charge in [-0.05, 0) is 48.5 Å². The molecule has 7 nitrogen and oxygen atoms in total. The van der Waals surface area contributed by atoms with Gasteiger partial charge in [0.25, 0.3) is 0 Å². The molecule has 0 bridgehead atoms. The number of nitrogens with two attached hydrogens (primary N) is 1. The summed E-state index contributed by atoms with van der Waals surface area (Å²) in [6.07, 6.45) is -0.551. The highest BCUT2D eigenvalue weighted by atomic mass is 127. The quantitative estimate of drug-likeness (QED) is 0.398. The molecule has 1 heterocycles. The van der Waals surface area contributed by atoms with Crippen LogP contribution in [0.3, 0.4) is 0 Å². The topological polar surface area (TPSA) is 89.2 Å². The van der Waals surface area contributed by atoms with E-state index in [9.17, 15) is 4.79 Å². The van der Waals surface area contributed by atoms with Crippen LogP contribution in [0.15, 0.2) is 4.99 Å². The number of amides is 1. The molecule has 1 aliphatic heterocycles. The molecule has 23 heavy (non-hydrogen) atoms. The number of ether oxygens (including phenoxy) is 2. The van der Waals surface area contributed by atoms with Gasteiger partial charge in [-0.3, -0.25) is 9.89 Å². The lowest BCUT2D eigenvalue weighted by molar-refractivity contribution is -0.0755. The smallest absolute Gasteiger partial charge is 0.412 e. The standard InChI is InChI=1S/C15H30N4O3.HI/c1-8-17-12(16)18-9-11-10(2)21-15(6,7)19(11)13(20)22-14(3,4)5;/h10-11H,8-9H2,1-7H3,(H3,16,17,18);1H. The van der Waals surface area contributed by atoms with Crippen molar-refractivity contribution in [3.8, 4) is 0 Å². The normalized spacial score (nSPS) is 24.1. The predicted octanol–water partition coefficient (Wildman–Crippen LogP) is 2.29. The van der Waals surface area contributed by atoms with Crippen LogP contribution in [0.2, 0.25) is 0 Å². The number of guanidine groups is 1. The van der Waals surface area contributed by atoms with Gasteiger partial charge in [-0.15, -0.1) is 24.0 Å². The molecule has 1 rings (SSSR count). The second kappa shape index (κ2) is 8.36. The van der Waals surface area contributed by atoms with Gasteiger partial charge < -0.3 is 20.5 Å². The van der Waals surface area contributed by atoms with Gasteiger partial charge in [-0.1, -0.05) is 0 Å². The third kappa shape index (κ3) is 6.33. The Bertz CT molecular complexity index is 435. The fourth-order valence-corrected chi connectivity index (χ4v) is 2.52. The first-order valence-electron chi connectivity index (χ1n) is 7.72. The van der Waals surface area contributed by atoms with E-state index in [1.54, 1.807) is 4.90 Å². The average molecular weight is 442 g/mol. The van der Waals surface area contributed by atoms with Gasteiger partial charge in [-0.25, -0.2) is 4.79 Å². The number of nitrogens with one attached hydrogen (secondary N) is 1. The Balaban J connectivity index is 0.00000484. The monoisotopic (exact) mass is 442 g/mol. The summed E-state index contributed by atoms with van der Waals surface area (Å²) in [5.41, 5.74) is 4.46. The molecule has 0 aromatic rings. The maximum atomic E-state index is 12.5. The molecule has 0 radical (unpaired) electrons. The van der Waals surface area contributed by atoms with Crippen LogP contribution in [-0.4, -0.2) is 53.5 Å². The van der Waals surface area contributed by atoms with E-state index in [1.165, 1.54) is 0 Å². The molecule has 136 valence electrons. The lowest BCUT2D eigenvalue weighted by Gasteiger charge is -2.34. The molecule has 3 N–H and O–H groups in total. The van der Waals surface area contributed by atoms with E-state index < -0.39 is 17.4 Å². The number of hydrogen-bond donors (Lipinski definition) is 2. The highest BCUT2D eigenvalue weighted by Gasteiger charge is 2.49. The van der Waals surface area contributed by atoms with Crippen molar-refractivity contribution in [3.05, 3.63) is 0 Å². The molecule has 1 saturated heterocycles. The zero-order chi connectivity index (χ0) is 17.1. The molecule has 0 spiro atoms. The summed E-state index contributed by atoms with van der Waals surface area (Å²) in [6.45, 7) is 14.2. The van der Waals surface area contributed by atoms with E-state index in [0.29, 0.717) is 19.0 Å². The third-order valence-corrected chi connectivity index (χ3v) is 3.32. The van der Waals surface area contributed by atoms with Gasteiger partial charge in [0.1, 0.15) is 11.3 Å². The number of aliphatic imine (C=N–C) groups is 1. The first kappa shape index (κ1) is 22.2. The van der Waals surface area contributed by atoms with E-state index in [-0.39, 0.29) is 36.1 Å². The van der Waals surface area contributed by atoms with Crippen LogP contribution in [0.5, 0.6) is 0 Å². The SMILES string of the molecule is CCNC(N)=NCC1C(C)OC(C)(C)N1C(=O)OC(C)(C)C.I. The number of nitrogens with zero attached hydrogens (tertiary/aromatic N) is 2. The van der Waals surface area contributed by atoms with E-state index in [1.807, 2.05) is 48.5 Å². The molecule has 0 aromatic carbocycles. The molecule has 8 heteroatoms. The Hall–Kier alpha value is -0.770. The van der Waals surface area contributed by atoms with Crippen LogP contribution in [-0.2, 0) is 9.47 Å². The maximum Gasteiger partial charge on any atom is 0.412 e. The van der Waals surface area contributed by atoms with Crippen molar-refractivity contribution in [2.75, 3.05) is 13.1 Å². The van der Waals surface area contributed by atoms with Crippen LogP contribution >= 0.6 is 24.0 Å². The van der Waals surface area contributed by atoms with E-state index in [4.69, 9.17) is 15.2 Å². The average Bonchev–Trinajstić information content (AvgIpc) is 2.53. The highest BCUT2D eigenvalue weighted by molar-refractivity contribution is 14.0. The van der Waals surface area contributed by atoms with Crippen LogP contribution in [0.4, 0.5) is 4.79 Å². The molecule has 0 saturated carbocycles. The van der Waals surface area contributed by atoms with Crippen LogP contribution in [0, 0.1) is 0 Å². The van der Waals surface area contributed by atoms with Crippen LogP contribution in [0.25, 0.3) is 0 Å². The van der Waals surface area contributed by atoms with Gasteiger partial charge >= 0.3 is 6.09 Å². The molecular weight excluding hydrogens is 411 g/mol. The first-order chi connectivity index (χ1) is 9.98. The zero-order valence-corrected chi connectivity index (χ0v) is 17.5. The van der Waals surface area contributed by atoms with Gasteiger partial charge in [0, 0.05) is 6.54 Å². The Kier molecular flexibility index (Phi) is 8.08. The molecule has 1 aliphatic rings. The van der Waals surface area contributed by atoms with Crippen molar-refractivity contribution in [1.82, 2.24) is 10.2 Å². The minimum atomic E-state index is -0.741. The fourth-order valence-electron chi connectivity index (χ4n) is 2.52. The van der Waals surface area contributed by atoms with Gasteiger partial charge in [0.15, 0.2) is 5.96 Å². The second-order valence-corrected chi connectivity index (χ2v) is 6.94. The highest BCUT2D eigenvalue weighted by Crippen LogP contribution is 2.33. The summed E-state index contributed by atoms with van der Waals surface area (Å²) in [4.78, 5) is 18.4. The van der Waals surface area contributed by atoms with Crippen molar-refractivity contribution in [2.45, 2.75) is 71.9 Å². The largest absolute Gasteiger partial charge is 0.444 e. The van der Waals surface area contributed by atoms with Gasteiger partial charge in [-0.2, -0.15) is 0 Å². The molecule has 2 atom stereocenters. The number of rotatable bonds is 3. The molecule has 1 amide bonds. The predicted molar refractivity (Wildman–Crippen MR) is 102 cm³/mol. The zero-order valence-electron chi connectivity index (χ0n) is 15.2. The van der Waals surface area contributed by atoms with Crippen LogP contribution < -0.4 is 11.1 Å². The van der Waals surface area contributed by atoms with Crippen molar-refractivity contribution in [1.29, 1.82) is 0 Å². The van der Waals surface area contributed by atoms with E-state index >= 15 is 0 Å². The summed E-state index contributed by atoms with van der Waals surface area (Å²) in [5.74, 6) is 0.364. The summed E-state index contributed by atoms with van der Waals surface area (Å²) < 4.78 is 11.4. The van der Waals surface area contributed by atoms with Crippen molar-refractivity contribution in [2.24, 2.45) is 10.7 Å². The van der Waals surface area contributed by atoms with Crippen LogP contribution in [0.1, 0.15) is 48.5 Å². The molecule has 0 aliphatic carbocycles. The Morgan fingerprint density at radius 2 is 2.00 bits per heavy atom. The number of carbonyl (C=O) groups excluding carboxylic acids is 1. The lowest BCUT2D eigenvalue weighted by atomic mass is 10.1. The summed E-state index contributed by atoms with van der Waals surface area (Å²) in [6, 6.07) is -0.220. The molecule has 2 unspecified atom stereocenters. The fraction of sp³-hybridized carbons (Fsp3) is 0.867. The first-order valence-corrected chi connectivity index (χ1v) is 7.72. The minimum Gasteiger partial charge on any atom is -0.444 e. The lowest BCUT2D eigenvalue weighted by Crippen LogP contribution is -2.51. The second-order valence-electron chi connectivity index (χ2n) is 6.94. The van der Waals surface area contributed by atoms with E-state index in [2.05, 4.69) is 10.3 Å². The van der Waals surface area contributed by atoms with Crippen molar-refractivity contribution in [3.63, 3.8) is 0 Å². The minimum absolute atomic E-state index is 0. The maximum absolute atomic E-state index is 12.5. The summed E-state index contributed by atoms with van der Waals surface area (Å²) >= 11 is 0. The number of hydrogen-bond acceptors (Lipinski definition) is 4. The summed E-state index contributed by atoms with van der Waals surface area (Å²) in [5, 5.41) is 2.94. The van der Waals surface area contributed by atoms with E-state index in [0.717, 1.165) is 0 Å². The molecule has 1 fully saturated rings. The van der Waals surface area contributed by atoms with Gasteiger partial charge in [0.2, 0.25) is 0 Å². The number of carbonyl (C=O) groups is 1. The van der Waals surface area contributed by atoms with Crippen molar-refractivity contribution >= 4 is 36.0 Å². The van der Waals surface area contributed by atoms with Crippen molar-refractivity contribution < 1.29 is 14.3 Å². The third-order valence-electron chi connectivity index (χ3n) is 3.32. The Morgan fingerprint density at radius 1 is 1.43 bits per heavy atom. The number of halogens is 1. The molecular formula is C15H31IN4O3.